The molecule has 2 heterocycles. The summed E-state index contributed by atoms with van der Waals surface area (Å²) in [5.74, 6) is -1.35. The van der Waals surface area contributed by atoms with Gasteiger partial charge in [-0.25, -0.2) is 9.69 Å². The van der Waals surface area contributed by atoms with Crippen molar-refractivity contribution in [2.24, 2.45) is 0 Å². The smallest absolute Gasteiger partial charge is 0.317 e. The molecule has 1 aliphatic heterocycles. The molecule has 1 fully saturated rings. The van der Waals surface area contributed by atoms with Crippen LogP contribution in [0.4, 0.5) is 10.5 Å². The number of nitrogens with zero attached hydrogens (tertiary/aromatic N) is 2. The number of amides is 4. The van der Waals surface area contributed by atoms with Crippen molar-refractivity contribution in [3.63, 3.8) is 0 Å². The molecule has 144 valence electrons. The molecule has 0 unspecified atom stereocenters. The molecule has 2 aromatic carbocycles. The minimum atomic E-state index is -0.749. The second-order valence-corrected chi connectivity index (χ2v) is 6.83. The fourth-order valence-electron chi connectivity index (χ4n) is 3.40. The highest BCUT2D eigenvalue weighted by Gasteiger charge is 2.37. The van der Waals surface area contributed by atoms with E-state index in [2.05, 4.69) is 5.32 Å². The number of aromatic nitrogens is 1. The maximum absolute atomic E-state index is 13.1. The van der Waals surface area contributed by atoms with Crippen LogP contribution >= 0.6 is 0 Å². The summed E-state index contributed by atoms with van der Waals surface area (Å²) in [6.07, 6.45) is 3.38. The SMILES string of the molecule is Cc1ccccc1N1C(=O)NC(=O)C(=Cc2cccn2-c2ccccc2C)C1=O. The largest absolute Gasteiger partial charge is 0.335 e. The van der Waals surface area contributed by atoms with Gasteiger partial charge in [0.25, 0.3) is 11.8 Å². The van der Waals surface area contributed by atoms with Gasteiger partial charge in [0.05, 0.1) is 5.69 Å². The van der Waals surface area contributed by atoms with Crippen LogP contribution in [0.25, 0.3) is 11.8 Å². The lowest BCUT2D eigenvalue weighted by Crippen LogP contribution is -2.54. The Labute approximate surface area is 168 Å². The van der Waals surface area contributed by atoms with E-state index >= 15 is 0 Å². The van der Waals surface area contributed by atoms with Gasteiger partial charge >= 0.3 is 6.03 Å². The van der Waals surface area contributed by atoms with E-state index in [4.69, 9.17) is 0 Å². The molecule has 1 aromatic heterocycles. The molecule has 4 rings (SSSR count). The van der Waals surface area contributed by atoms with Crippen molar-refractivity contribution in [1.82, 2.24) is 9.88 Å². The number of urea groups is 1. The third-order valence-electron chi connectivity index (χ3n) is 4.91. The summed E-state index contributed by atoms with van der Waals surface area (Å²) in [7, 11) is 0. The summed E-state index contributed by atoms with van der Waals surface area (Å²) in [5.41, 5.74) is 3.77. The molecule has 3 aromatic rings. The van der Waals surface area contributed by atoms with E-state index in [1.165, 1.54) is 6.08 Å². The van der Waals surface area contributed by atoms with Crippen LogP contribution in [0.2, 0.25) is 0 Å². The highest BCUT2D eigenvalue weighted by atomic mass is 16.2. The number of rotatable bonds is 3. The van der Waals surface area contributed by atoms with Crippen molar-refractivity contribution in [3.05, 3.63) is 89.3 Å². The average molecular weight is 385 g/mol. The summed E-state index contributed by atoms with van der Waals surface area (Å²) in [4.78, 5) is 39.0. The monoisotopic (exact) mass is 385 g/mol. The average Bonchev–Trinajstić information content (AvgIpc) is 3.15. The van der Waals surface area contributed by atoms with Crippen molar-refractivity contribution in [1.29, 1.82) is 0 Å². The number of hydrogen-bond acceptors (Lipinski definition) is 3. The third kappa shape index (κ3) is 3.25. The number of imide groups is 2. The van der Waals surface area contributed by atoms with Gasteiger partial charge in [-0.3, -0.25) is 14.9 Å². The zero-order chi connectivity index (χ0) is 20.5. The minimum Gasteiger partial charge on any atom is -0.317 e. The van der Waals surface area contributed by atoms with E-state index in [1.54, 1.807) is 25.1 Å². The van der Waals surface area contributed by atoms with E-state index < -0.39 is 17.8 Å². The van der Waals surface area contributed by atoms with Gasteiger partial charge in [0, 0.05) is 17.6 Å². The van der Waals surface area contributed by atoms with E-state index in [0.29, 0.717) is 11.4 Å². The fourth-order valence-corrected chi connectivity index (χ4v) is 3.40. The summed E-state index contributed by atoms with van der Waals surface area (Å²) < 4.78 is 1.90. The molecule has 0 atom stereocenters. The molecule has 0 spiro atoms. The highest BCUT2D eigenvalue weighted by Crippen LogP contribution is 2.26. The van der Waals surface area contributed by atoms with Crippen LogP contribution in [0.3, 0.4) is 0 Å². The van der Waals surface area contributed by atoms with Crippen molar-refractivity contribution in [2.75, 3.05) is 4.90 Å². The van der Waals surface area contributed by atoms with Crippen LogP contribution in [0, 0.1) is 13.8 Å². The maximum atomic E-state index is 13.1. The Hall–Kier alpha value is -3.93. The molecule has 0 aliphatic carbocycles. The van der Waals surface area contributed by atoms with Crippen LogP contribution in [0.1, 0.15) is 16.8 Å². The molecule has 1 N–H and O–H groups in total. The van der Waals surface area contributed by atoms with E-state index in [1.807, 2.05) is 60.2 Å². The second-order valence-electron chi connectivity index (χ2n) is 6.83. The number of para-hydroxylation sites is 2. The molecule has 0 bridgehead atoms. The number of barbiturate groups is 1. The van der Waals surface area contributed by atoms with Gasteiger partial charge in [-0.15, -0.1) is 0 Å². The molecule has 1 aliphatic rings. The van der Waals surface area contributed by atoms with Gasteiger partial charge in [0.15, 0.2) is 0 Å². The lowest BCUT2D eigenvalue weighted by Gasteiger charge is -2.27. The summed E-state index contributed by atoms with van der Waals surface area (Å²) in [5, 5.41) is 2.27. The van der Waals surface area contributed by atoms with Gasteiger partial charge < -0.3 is 4.57 Å². The topological polar surface area (TPSA) is 71.4 Å². The van der Waals surface area contributed by atoms with Gasteiger partial charge in [0.1, 0.15) is 5.57 Å². The number of carbonyl (C=O) groups excluding carboxylic acids is 3. The van der Waals surface area contributed by atoms with E-state index in [0.717, 1.165) is 21.7 Å². The van der Waals surface area contributed by atoms with Crippen molar-refractivity contribution in [3.8, 4) is 5.69 Å². The number of hydrogen-bond donors (Lipinski definition) is 1. The Morgan fingerprint density at radius 2 is 1.41 bits per heavy atom. The zero-order valence-electron chi connectivity index (χ0n) is 16.0. The van der Waals surface area contributed by atoms with E-state index in [-0.39, 0.29) is 5.57 Å². The van der Waals surface area contributed by atoms with Crippen molar-refractivity contribution in [2.45, 2.75) is 13.8 Å². The number of anilines is 1. The first-order chi connectivity index (χ1) is 14.0. The number of carbonyl (C=O) groups is 3. The van der Waals surface area contributed by atoms with Gasteiger partial charge in [0.2, 0.25) is 0 Å². The van der Waals surface area contributed by atoms with Gasteiger partial charge in [-0.1, -0.05) is 36.4 Å². The minimum absolute atomic E-state index is 0.0959. The predicted molar refractivity (Wildman–Crippen MR) is 111 cm³/mol. The molecule has 1 saturated heterocycles. The number of aryl methyl sites for hydroxylation is 2. The summed E-state index contributed by atoms with van der Waals surface area (Å²) >= 11 is 0. The Morgan fingerprint density at radius 3 is 2.07 bits per heavy atom. The first-order valence-electron chi connectivity index (χ1n) is 9.18. The van der Waals surface area contributed by atoms with Gasteiger partial charge in [-0.05, 0) is 55.3 Å². The van der Waals surface area contributed by atoms with Crippen LogP contribution in [-0.4, -0.2) is 22.4 Å². The molecule has 29 heavy (non-hydrogen) atoms. The van der Waals surface area contributed by atoms with Crippen molar-refractivity contribution < 1.29 is 14.4 Å². The second kappa shape index (κ2) is 7.24. The van der Waals surface area contributed by atoms with Crippen LogP contribution in [0.15, 0.2) is 72.4 Å². The zero-order valence-corrected chi connectivity index (χ0v) is 16.0. The Balaban J connectivity index is 1.79. The standard InChI is InChI=1S/C23H19N3O3/c1-15-8-3-5-11-19(15)25-13-7-10-17(25)14-18-21(27)24-23(29)26(22(18)28)20-12-6-4-9-16(20)2/h3-14H,1-2H3,(H,24,27,29). The number of nitrogens with one attached hydrogen (secondary N) is 1. The van der Waals surface area contributed by atoms with E-state index in [9.17, 15) is 14.4 Å². The van der Waals surface area contributed by atoms with Gasteiger partial charge in [-0.2, -0.15) is 0 Å². The maximum Gasteiger partial charge on any atom is 0.335 e. The highest BCUT2D eigenvalue weighted by molar-refractivity contribution is 6.39. The lowest BCUT2D eigenvalue weighted by atomic mass is 10.1. The molecule has 0 saturated carbocycles. The summed E-state index contributed by atoms with van der Waals surface area (Å²) in [6.45, 7) is 3.79. The lowest BCUT2D eigenvalue weighted by molar-refractivity contribution is -0.122. The predicted octanol–water partition coefficient (Wildman–Crippen LogP) is 3.76. The first-order valence-corrected chi connectivity index (χ1v) is 9.18. The fraction of sp³-hybridized carbons (Fsp3) is 0.0870. The molecular formula is C23H19N3O3. The Morgan fingerprint density at radius 1 is 0.793 bits per heavy atom. The Bertz CT molecular complexity index is 1170. The third-order valence-corrected chi connectivity index (χ3v) is 4.91. The first kappa shape index (κ1) is 18.4. The quantitative estimate of drug-likeness (QED) is 0.551. The van der Waals surface area contributed by atoms with Crippen molar-refractivity contribution >= 4 is 29.6 Å². The van der Waals surface area contributed by atoms with Crippen LogP contribution in [0.5, 0.6) is 0 Å². The molecule has 4 amide bonds. The van der Waals surface area contributed by atoms with Crippen LogP contribution in [-0.2, 0) is 9.59 Å². The van der Waals surface area contributed by atoms with Crippen LogP contribution < -0.4 is 10.2 Å². The molecule has 0 radical (unpaired) electrons. The number of benzene rings is 2. The Kier molecular flexibility index (Phi) is 4.60. The summed E-state index contributed by atoms with van der Waals surface area (Å²) in [6, 6.07) is 17.8. The molecule has 6 heteroatoms. The molecular weight excluding hydrogens is 366 g/mol. The normalized spacial score (nSPS) is 15.7. The molecule has 6 nitrogen and oxygen atoms in total.